The van der Waals surface area contributed by atoms with Gasteiger partial charge in [0.05, 0.1) is 5.25 Å². The Labute approximate surface area is 135 Å². The zero-order valence-corrected chi connectivity index (χ0v) is 13.5. The molecule has 2 aromatic rings. The summed E-state index contributed by atoms with van der Waals surface area (Å²) in [6.45, 7) is 3.44. The summed E-state index contributed by atoms with van der Waals surface area (Å²) in [5.74, 6) is 5.92. The maximum absolute atomic E-state index is 11.3. The molecule has 3 heteroatoms. The topological polar surface area (TPSA) is 26.3 Å². The molecular weight excluding hydrogens is 292 g/mol. The van der Waals surface area contributed by atoms with Gasteiger partial charge in [-0.1, -0.05) is 60.4 Å². The molecule has 0 fully saturated rings. The highest BCUT2D eigenvalue weighted by molar-refractivity contribution is 8.00. The summed E-state index contributed by atoms with van der Waals surface area (Å²) < 4.78 is 5.32. The van der Waals surface area contributed by atoms with Crippen LogP contribution in [0.5, 0.6) is 0 Å². The SMILES string of the molecule is CC(=O)OC(C#CC(C)Sc1ccccc1)c1ccccc1. The molecule has 0 aliphatic carbocycles. The van der Waals surface area contributed by atoms with E-state index in [1.807, 2.05) is 55.5 Å². The van der Waals surface area contributed by atoms with E-state index < -0.39 is 6.10 Å². The number of thioether (sulfide) groups is 1. The molecule has 0 aromatic heterocycles. The van der Waals surface area contributed by atoms with Gasteiger partial charge in [0.25, 0.3) is 0 Å². The third-order valence-electron chi connectivity index (χ3n) is 2.86. The fraction of sp³-hybridized carbons (Fsp3) is 0.211. The van der Waals surface area contributed by atoms with Crippen molar-refractivity contribution >= 4 is 17.7 Å². The molecule has 112 valence electrons. The molecule has 22 heavy (non-hydrogen) atoms. The Balaban J connectivity index is 2.09. The van der Waals surface area contributed by atoms with Gasteiger partial charge in [0, 0.05) is 17.4 Å². The van der Waals surface area contributed by atoms with Crippen molar-refractivity contribution < 1.29 is 9.53 Å². The second kappa shape index (κ2) is 8.31. The van der Waals surface area contributed by atoms with Crippen LogP contribution in [0.1, 0.15) is 25.5 Å². The van der Waals surface area contributed by atoms with E-state index in [4.69, 9.17) is 4.74 Å². The Bertz CT molecular complexity index is 656. The Morgan fingerprint density at radius 3 is 2.18 bits per heavy atom. The highest BCUT2D eigenvalue weighted by atomic mass is 32.2. The molecule has 0 saturated heterocycles. The number of ether oxygens (including phenoxy) is 1. The van der Waals surface area contributed by atoms with Gasteiger partial charge in [0.1, 0.15) is 0 Å². The minimum atomic E-state index is -0.516. The van der Waals surface area contributed by atoms with E-state index in [0.29, 0.717) is 0 Å². The number of benzene rings is 2. The Kier molecular flexibility index (Phi) is 6.12. The smallest absolute Gasteiger partial charge is 0.304 e. The van der Waals surface area contributed by atoms with Gasteiger partial charge in [-0.3, -0.25) is 4.79 Å². The van der Waals surface area contributed by atoms with Crippen LogP contribution in [0.4, 0.5) is 0 Å². The summed E-state index contributed by atoms with van der Waals surface area (Å²) >= 11 is 1.69. The van der Waals surface area contributed by atoms with Crippen molar-refractivity contribution in [1.29, 1.82) is 0 Å². The molecule has 2 rings (SSSR count). The van der Waals surface area contributed by atoms with E-state index in [-0.39, 0.29) is 11.2 Å². The predicted molar refractivity (Wildman–Crippen MR) is 90.5 cm³/mol. The van der Waals surface area contributed by atoms with Crippen molar-refractivity contribution in [2.75, 3.05) is 0 Å². The monoisotopic (exact) mass is 310 g/mol. The first-order chi connectivity index (χ1) is 10.6. The molecule has 2 unspecified atom stereocenters. The highest BCUT2D eigenvalue weighted by Crippen LogP contribution is 2.23. The van der Waals surface area contributed by atoms with Crippen molar-refractivity contribution in [1.82, 2.24) is 0 Å². The fourth-order valence-corrected chi connectivity index (χ4v) is 2.75. The second-order valence-electron chi connectivity index (χ2n) is 4.76. The Hall–Kier alpha value is -2.18. The maximum atomic E-state index is 11.3. The van der Waals surface area contributed by atoms with Crippen LogP contribution < -0.4 is 0 Å². The quantitative estimate of drug-likeness (QED) is 0.473. The van der Waals surface area contributed by atoms with Crippen molar-refractivity contribution in [3.05, 3.63) is 66.2 Å². The van der Waals surface area contributed by atoms with Gasteiger partial charge < -0.3 is 4.74 Å². The predicted octanol–water partition coefficient (Wildman–Crippen LogP) is 4.48. The lowest BCUT2D eigenvalue weighted by Crippen LogP contribution is -2.07. The molecule has 2 atom stereocenters. The number of carbonyl (C=O) groups excluding carboxylic acids is 1. The normalized spacial score (nSPS) is 12.6. The first-order valence-corrected chi connectivity index (χ1v) is 7.98. The van der Waals surface area contributed by atoms with Crippen LogP contribution in [0.3, 0.4) is 0 Å². The number of hydrogen-bond acceptors (Lipinski definition) is 3. The summed E-state index contributed by atoms with van der Waals surface area (Å²) in [6, 6.07) is 19.7. The van der Waals surface area contributed by atoms with E-state index in [0.717, 1.165) is 5.56 Å². The van der Waals surface area contributed by atoms with Crippen LogP contribution in [-0.2, 0) is 9.53 Å². The second-order valence-corrected chi connectivity index (χ2v) is 6.18. The summed E-state index contributed by atoms with van der Waals surface area (Å²) in [5.41, 5.74) is 0.891. The molecule has 0 saturated carbocycles. The lowest BCUT2D eigenvalue weighted by atomic mass is 10.1. The Morgan fingerprint density at radius 2 is 1.59 bits per heavy atom. The van der Waals surface area contributed by atoms with E-state index >= 15 is 0 Å². The standard InChI is InChI=1S/C19H18O2S/c1-15(22-18-11-7-4-8-12-18)13-14-19(21-16(2)20)17-9-5-3-6-10-17/h3-12,15,19H,1-2H3. The number of rotatable bonds is 4. The van der Waals surface area contributed by atoms with Gasteiger partial charge in [0.15, 0.2) is 6.10 Å². The van der Waals surface area contributed by atoms with E-state index in [9.17, 15) is 4.79 Å². The van der Waals surface area contributed by atoms with Crippen molar-refractivity contribution in [3.8, 4) is 11.8 Å². The molecular formula is C19H18O2S. The van der Waals surface area contributed by atoms with Crippen molar-refractivity contribution in [3.63, 3.8) is 0 Å². The van der Waals surface area contributed by atoms with Gasteiger partial charge in [-0.25, -0.2) is 0 Å². The minimum Gasteiger partial charge on any atom is -0.444 e. The van der Waals surface area contributed by atoms with E-state index in [1.165, 1.54) is 11.8 Å². The molecule has 0 bridgehead atoms. The zero-order chi connectivity index (χ0) is 15.8. The lowest BCUT2D eigenvalue weighted by Gasteiger charge is -2.11. The van der Waals surface area contributed by atoms with Crippen molar-refractivity contribution in [2.24, 2.45) is 0 Å². The maximum Gasteiger partial charge on any atom is 0.304 e. The number of carbonyl (C=O) groups is 1. The molecule has 0 radical (unpaired) electrons. The summed E-state index contributed by atoms with van der Waals surface area (Å²) in [6.07, 6.45) is -0.516. The van der Waals surface area contributed by atoms with E-state index in [2.05, 4.69) is 24.0 Å². The molecule has 2 nitrogen and oxygen atoms in total. The van der Waals surface area contributed by atoms with Crippen LogP contribution in [-0.4, -0.2) is 11.2 Å². The fourth-order valence-electron chi connectivity index (χ4n) is 1.90. The van der Waals surface area contributed by atoms with Crippen molar-refractivity contribution in [2.45, 2.75) is 30.1 Å². The lowest BCUT2D eigenvalue weighted by molar-refractivity contribution is -0.144. The first-order valence-electron chi connectivity index (χ1n) is 7.10. The van der Waals surface area contributed by atoms with Gasteiger partial charge in [-0.05, 0) is 19.1 Å². The molecule has 0 aliphatic rings. The molecule has 0 aliphatic heterocycles. The van der Waals surface area contributed by atoms with Crippen LogP contribution in [0.2, 0.25) is 0 Å². The summed E-state index contributed by atoms with van der Waals surface area (Å²) in [4.78, 5) is 12.4. The average Bonchev–Trinajstić information content (AvgIpc) is 2.53. The molecule has 0 N–H and O–H groups in total. The van der Waals surface area contributed by atoms with Crippen LogP contribution in [0, 0.1) is 11.8 Å². The summed E-state index contributed by atoms with van der Waals surface area (Å²) in [5, 5.41) is 0.115. The third kappa shape index (κ3) is 5.31. The van der Waals surface area contributed by atoms with Crippen LogP contribution in [0.25, 0.3) is 0 Å². The van der Waals surface area contributed by atoms with Crippen LogP contribution in [0.15, 0.2) is 65.6 Å². The average molecular weight is 310 g/mol. The first kappa shape index (κ1) is 16.2. The Morgan fingerprint density at radius 1 is 1.00 bits per heavy atom. The van der Waals surface area contributed by atoms with Gasteiger partial charge in [-0.2, -0.15) is 0 Å². The molecule has 2 aromatic carbocycles. The summed E-state index contributed by atoms with van der Waals surface area (Å²) in [7, 11) is 0. The van der Waals surface area contributed by atoms with Gasteiger partial charge in [-0.15, -0.1) is 11.8 Å². The zero-order valence-electron chi connectivity index (χ0n) is 12.7. The number of hydrogen-bond donors (Lipinski definition) is 0. The molecule has 0 heterocycles. The highest BCUT2D eigenvalue weighted by Gasteiger charge is 2.11. The molecule has 0 amide bonds. The van der Waals surface area contributed by atoms with Gasteiger partial charge in [0.2, 0.25) is 0 Å². The number of esters is 1. The largest absolute Gasteiger partial charge is 0.444 e. The van der Waals surface area contributed by atoms with E-state index in [1.54, 1.807) is 11.8 Å². The minimum absolute atomic E-state index is 0.115. The molecule has 0 spiro atoms. The van der Waals surface area contributed by atoms with Gasteiger partial charge >= 0.3 is 5.97 Å². The third-order valence-corrected chi connectivity index (χ3v) is 3.88. The van der Waals surface area contributed by atoms with Crippen LogP contribution >= 0.6 is 11.8 Å².